The van der Waals surface area contributed by atoms with E-state index in [2.05, 4.69) is 5.32 Å². The minimum absolute atomic E-state index is 0.118. The largest absolute Gasteiger partial charge is 0.486 e. The normalized spacial score (nSPS) is 13.1. The van der Waals surface area contributed by atoms with Crippen LogP contribution in [0.2, 0.25) is 0 Å². The third kappa shape index (κ3) is 4.75. The lowest BCUT2D eigenvalue weighted by atomic mass is 10.1. The number of benzene rings is 2. The number of amides is 1. The van der Waals surface area contributed by atoms with Crippen LogP contribution in [-0.2, 0) is 21.4 Å². The average Bonchev–Trinajstić information content (AvgIpc) is 2.70. The van der Waals surface area contributed by atoms with Gasteiger partial charge >= 0.3 is 0 Å². The Hall–Kier alpha value is -2.74. The third-order valence-corrected chi connectivity index (χ3v) is 6.11. The maximum atomic E-state index is 12.6. The van der Waals surface area contributed by atoms with E-state index < -0.39 is 10.0 Å². The van der Waals surface area contributed by atoms with Gasteiger partial charge in [-0.25, -0.2) is 8.42 Å². The Bertz CT molecular complexity index is 959. The molecular weight excluding hydrogens is 380 g/mol. The zero-order valence-corrected chi connectivity index (χ0v) is 16.8. The van der Waals surface area contributed by atoms with Gasteiger partial charge in [-0.05, 0) is 31.5 Å². The zero-order valence-electron chi connectivity index (χ0n) is 16.0. The second-order valence-electron chi connectivity index (χ2n) is 6.50. The van der Waals surface area contributed by atoms with E-state index in [0.717, 1.165) is 15.4 Å². The maximum absolute atomic E-state index is 12.6. The lowest BCUT2D eigenvalue weighted by Gasteiger charge is -2.25. The lowest BCUT2D eigenvalue weighted by Crippen LogP contribution is -2.41. The molecule has 8 heteroatoms. The number of carbonyl (C=O) groups excluding carboxylic acids is 1. The Balaban J connectivity index is 1.76. The first-order chi connectivity index (χ1) is 13.4. The Morgan fingerprint density at radius 3 is 2.57 bits per heavy atom. The van der Waals surface area contributed by atoms with Crippen LogP contribution >= 0.6 is 0 Å². The van der Waals surface area contributed by atoms with Crippen LogP contribution in [0, 0.1) is 6.92 Å². The lowest BCUT2D eigenvalue weighted by molar-refractivity contribution is -0.119. The molecule has 1 aliphatic rings. The summed E-state index contributed by atoms with van der Waals surface area (Å²) in [4.78, 5) is 12.5. The quantitative estimate of drug-likeness (QED) is 0.765. The van der Waals surface area contributed by atoms with Crippen LogP contribution in [-0.4, -0.2) is 39.8 Å². The van der Waals surface area contributed by atoms with Crippen molar-refractivity contribution in [3.63, 3.8) is 0 Å². The van der Waals surface area contributed by atoms with Crippen molar-refractivity contribution in [1.29, 1.82) is 0 Å². The molecule has 2 aromatic carbocycles. The summed E-state index contributed by atoms with van der Waals surface area (Å²) in [6, 6.07) is 12.6. The Morgan fingerprint density at radius 1 is 1.11 bits per heavy atom. The van der Waals surface area contributed by atoms with Gasteiger partial charge in [0.1, 0.15) is 19.8 Å². The molecule has 0 fully saturated rings. The number of hydrogen-bond acceptors (Lipinski definition) is 5. The number of nitrogens with one attached hydrogen (secondary N) is 1. The average molecular weight is 404 g/mol. The summed E-state index contributed by atoms with van der Waals surface area (Å²) in [5, 5.41) is 2.78. The monoisotopic (exact) mass is 404 g/mol. The molecule has 1 heterocycles. The van der Waals surface area contributed by atoms with Crippen molar-refractivity contribution in [1.82, 2.24) is 5.32 Å². The fraction of sp³-hybridized carbons (Fsp3) is 0.350. The molecule has 0 aliphatic carbocycles. The summed E-state index contributed by atoms with van der Waals surface area (Å²) in [6.07, 6.45) is 0. The van der Waals surface area contributed by atoms with E-state index in [0.29, 0.717) is 36.9 Å². The third-order valence-electron chi connectivity index (χ3n) is 4.37. The van der Waals surface area contributed by atoms with E-state index in [-0.39, 0.29) is 18.2 Å². The fourth-order valence-electron chi connectivity index (χ4n) is 2.90. The molecule has 0 saturated heterocycles. The highest BCUT2D eigenvalue weighted by Gasteiger charge is 2.25. The number of aryl methyl sites for hydroxylation is 1. The summed E-state index contributed by atoms with van der Waals surface area (Å²) in [5.74, 6) is 0.536. The summed E-state index contributed by atoms with van der Waals surface area (Å²) in [5.41, 5.74) is 2.42. The molecule has 3 rings (SSSR count). The van der Waals surface area contributed by atoms with Crippen molar-refractivity contribution in [2.75, 3.05) is 29.8 Å². The van der Waals surface area contributed by atoms with Gasteiger partial charge in [-0.3, -0.25) is 9.10 Å². The molecule has 0 atom stereocenters. The smallest absolute Gasteiger partial charge is 0.241 e. The van der Waals surface area contributed by atoms with Crippen molar-refractivity contribution in [2.24, 2.45) is 0 Å². The molecule has 1 aliphatic heterocycles. The molecule has 0 aromatic heterocycles. The van der Waals surface area contributed by atoms with E-state index in [9.17, 15) is 13.2 Å². The molecule has 1 N–H and O–H groups in total. The molecule has 28 heavy (non-hydrogen) atoms. The molecule has 2 aromatic rings. The minimum atomic E-state index is -3.65. The van der Waals surface area contributed by atoms with Gasteiger partial charge in [-0.15, -0.1) is 0 Å². The summed E-state index contributed by atoms with van der Waals surface area (Å²) in [7, 11) is -3.65. The predicted octanol–water partition coefficient (Wildman–Crippen LogP) is 2.24. The summed E-state index contributed by atoms with van der Waals surface area (Å²) >= 11 is 0. The number of carbonyl (C=O) groups is 1. The minimum Gasteiger partial charge on any atom is -0.486 e. The Kier molecular flexibility index (Phi) is 6.08. The molecule has 0 bridgehead atoms. The number of fused-ring (bicyclic) bond motifs is 1. The maximum Gasteiger partial charge on any atom is 0.241 e. The van der Waals surface area contributed by atoms with Gasteiger partial charge in [-0.1, -0.05) is 29.8 Å². The molecule has 7 nitrogen and oxygen atoms in total. The topological polar surface area (TPSA) is 84.9 Å². The van der Waals surface area contributed by atoms with Crippen LogP contribution in [0.3, 0.4) is 0 Å². The van der Waals surface area contributed by atoms with Gasteiger partial charge in [0.05, 0.1) is 11.4 Å². The summed E-state index contributed by atoms with van der Waals surface area (Å²) in [6.45, 7) is 4.40. The highest BCUT2D eigenvalue weighted by molar-refractivity contribution is 7.92. The van der Waals surface area contributed by atoms with Crippen molar-refractivity contribution < 1.29 is 22.7 Å². The van der Waals surface area contributed by atoms with Crippen LogP contribution in [0.25, 0.3) is 0 Å². The first kappa shape index (κ1) is 20.0. The molecule has 1 amide bonds. The van der Waals surface area contributed by atoms with Crippen molar-refractivity contribution in [3.05, 3.63) is 53.6 Å². The van der Waals surface area contributed by atoms with Crippen LogP contribution < -0.4 is 19.1 Å². The van der Waals surface area contributed by atoms with E-state index in [1.807, 2.05) is 31.2 Å². The van der Waals surface area contributed by atoms with Crippen LogP contribution in [0.15, 0.2) is 42.5 Å². The standard InChI is InChI=1S/C20H24N2O5S/c1-3-28(24,25)22(17-7-8-18-19(12-17)27-10-9-26-18)14-20(23)21-13-16-6-4-5-15(2)11-16/h4-8,11-12H,3,9-10,13-14H2,1-2H3,(H,21,23). The van der Waals surface area contributed by atoms with Crippen LogP contribution in [0.5, 0.6) is 11.5 Å². The van der Waals surface area contributed by atoms with E-state index in [1.54, 1.807) is 25.1 Å². The highest BCUT2D eigenvalue weighted by Crippen LogP contribution is 2.34. The molecule has 0 saturated carbocycles. The second kappa shape index (κ2) is 8.52. The number of anilines is 1. The predicted molar refractivity (Wildman–Crippen MR) is 107 cm³/mol. The van der Waals surface area contributed by atoms with E-state index >= 15 is 0 Å². The molecular formula is C20H24N2O5S. The van der Waals surface area contributed by atoms with Crippen LogP contribution in [0.1, 0.15) is 18.1 Å². The van der Waals surface area contributed by atoms with Gasteiger partial charge in [0, 0.05) is 12.6 Å². The summed E-state index contributed by atoms with van der Waals surface area (Å²) < 4.78 is 37.3. The van der Waals surface area contributed by atoms with Gasteiger partial charge in [0.2, 0.25) is 15.9 Å². The number of nitrogens with zero attached hydrogens (tertiary/aromatic N) is 1. The van der Waals surface area contributed by atoms with E-state index in [1.165, 1.54) is 0 Å². The van der Waals surface area contributed by atoms with Crippen molar-refractivity contribution in [3.8, 4) is 11.5 Å². The van der Waals surface area contributed by atoms with E-state index in [4.69, 9.17) is 9.47 Å². The van der Waals surface area contributed by atoms with Gasteiger partial charge in [0.25, 0.3) is 0 Å². The van der Waals surface area contributed by atoms with Crippen molar-refractivity contribution >= 4 is 21.6 Å². The first-order valence-corrected chi connectivity index (χ1v) is 10.7. The Labute approximate surface area is 165 Å². The van der Waals surface area contributed by atoms with Gasteiger partial charge < -0.3 is 14.8 Å². The van der Waals surface area contributed by atoms with Gasteiger partial charge in [-0.2, -0.15) is 0 Å². The molecule has 0 spiro atoms. The Morgan fingerprint density at radius 2 is 1.86 bits per heavy atom. The van der Waals surface area contributed by atoms with Gasteiger partial charge in [0.15, 0.2) is 11.5 Å². The number of hydrogen-bond donors (Lipinski definition) is 1. The number of ether oxygens (including phenoxy) is 2. The highest BCUT2D eigenvalue weighted by atomic mass is 32.2. The SMILES string of the molecule is CCS(=O)(=O)N(CC(=O)NCc1cccc(C)c1)c1ccc2c(c1)OCCO2. The molecule has 150 valence electrons. The van der Waals surface area contributed by atoms with Crippen LogP contribution in [0.4, 0.5) is 5.69 Å². The zero-order chi connectivity index (χ0) is 20.1. The molecule has 0 unspecified atom stereocenters. The molecule has 0 radical (unpaired) electrons. The second-order valence-corrected chi connectivity index (χ2v) is 8.68. The first-order valence-electron chi connectivity index (χ1n) is 9.11. The number of rotatable bonds is 7. The fourth-order valence-corrected chi connectivity index (χ4v) is 3.96. The van der Waals surface area contributed by atoms with Crippen molar-refractivity contribution in [2.45, 2.75) is 20.4 Å². The number of sulfonamides is 1.